The lowest BCUT2D eigenvalue weighted by atomic mass is 10.1. The van der Waals surface area contributed by atoms with E-state index in [4.69, 9.17) is 10.5 Å². The number of tetrazole rings is 1. The Labute approximate surface area is 83.4 Å². The Hall–Kier alpha value is -1.17. The summed E-state index contributed by atoms with van der Waals surface area (Å²) in [6, 6.07) is 0.102. The molecule has 0 saturated carbocycles. The molecule has 0 saturated heterocycles. The highest BCUT2D eigenvalue weighted by molar-refractivity contribution is 5.11. The third-order valence-corrected chi connectivity index (χ3v) is 2.09. The van der Waals surface area contributed by atoms with Gasteiger partial charge < -0.3 is 10.5 Å². The van der Waals surface area contributed by atoms with Crippen LogP contribution in [0.15, 0.2) is 0 Å². The lowest BCUT2D eigenvalue weighted by molar-refractivity contribution is 0.0915. The first kappa shape index (κ1) is 10.9. The first-order valence-corrected chi connectivity index (χ1v) is 4.77. The SMILES string of the molecule is CCOCC(C(C)C)n1nnnc1N. The first-order valence-electron chi connectivity index (χ1n) is 4.77. The van der Waals surface area contributed by atoms with E-state index >= 15 is 0 Å². The molecule has 0 spiro atoms. The van der Waals surface area contributed by atoms with Crippen LogP contribution >= 0.6 is 0 Å². The molecule has 1 aromatic heterocycles. The van der Waals surface area contributed by atoms with Crippen LogP contribution in [-0.4, -0.2) is 33.4 Å². The molecule has 1 rings (SSSR count). The molecule has 0 radical (unpaired) electrons. The average molecular weight is 199 g/mol. The minimum atomic E-state index is 0.102. The molecule has 0 aliphatic heterocycles. The molecule has 0 aromatic carbocycles. The van der Waals surface area contributed by atoms with Gasteiger partial charge in [-0.1, -0.05) is 18.9 Å². The lowest BCUT2D eigenvalue weighted by Crippen LogP contribution is -2.23. The zero-order valence-corrected chi connectivity index (χ0v) is 8.84. The van der Waals surface area contributed by atoms with Crippen molar-refractivity contribution in [3.8, 4) is 0 Å². The van der Waals surface area contributed by atoms with Gasteiger partial charge in [0.25, 0.3) is 0 Å². The number of anilines is 1. The molecule has 1 unspecified atom stereocenters. The standard InChI is InChI=1S/C8H17N5O/c1-4-14-5-7(6(2)3)13-8(9)10-11-12-13/h6-7H,4-5H2,1-3H3,(H2,9,10,12). The van der Waals surface area contributed by atoms with Crippen LogP contribution in [0.5, 0.6) is 0 Å². The maximum absolute atomic E-state index is 5.62. The van der Waals surface area contributed by atoms with Crippen LogP contribution in [0.25, 0.3) is 0 Å². The summed E-state index contributed by atoms with van der Waals surface area (Å²) in [5, 5.41) is 11.0. The van der Waals surface area contributed by atoms with Crippen LogP contribution < -0.4 is 5.73 Å². The van der Waals surface area contributed by atoms with Gasteiger partial charge in [0, 0.05) is 6.61 Å². The Morgan fingerprint density at radius 1 is 1.50 bits per heavy atom. The van der Waals surface area contributed by atoms with E-state index in [9.17, 15) is 0 Å². The maximum Gasteiger partial charge on any atom is 0.240 e. The third-order valence-electron chi connectivity index (χ3n) is 2.09. The maximum atomic E-state index is 5.62. The largest absolute Gasteiger partial charge is 0.380 e. The van der Waals surface area contributed by atoms with Crippen LogP contribution in [0.3, 0.4) is 0 Å². The number of nitrogens with two attached hydrogens (primary N) is 1. The second kappa shape index (κ2) is 4.90. The van der Waals surface area contributed by atoms with E-state index in [1.54, 1.807) is 4.68 Å². The zero-order chi connectivity index (χ0) is 10.6. The fourth-order valence-corrected chi connectivity index (χ4v) is 1.22. The van der Waals surface area contributed by atoms with E-state index in [1.165, 1.54) is 0 Å². The summed E-state index contributed by atoms with van der Waals surface area (Å²) in [5.41, 5.74) is 5.62. The van der Waals surface area contributed by atoms with Gasteiger partial charge >= 0.3 is 0 Å². The molecular formula is C8H17N5O. The second-order valence-electron chi connectivity index (χ2n) is 3.45. The van der Waals surface area contributed by atoms with Crippen molar-refractivity contribution in [1.29, 1.82) is 0 Å². The van der Waals surface area contributed by atoms with Crippen molar-refractivity contribution in [2.45, 2.75) is 26.8 Å². The summed E-state index contributed by atoms with van der Waals surface area (Å²) >= 11 is 0. The van der Waals surface area contributed by atoms with Crippen molar-refractivity contribution in [3.63, 3.8) is 0 Å². The zero-order valence-electron chi connectivity index (χ0n) is 8.84. The monoisotopic (exact) mass is 199 g/mol. The van der Waals surface area contributed by atoms with Gasteiger partial charge in [0.1, 0.15) is 0 Å². The van der Waals surface area contributed by atoms with Gasteiger partial charge in [-0.2, -0.15) is 0 Å². The number of ether oxygens (including phenoxy) is 1. The predicted octanol–water partition coefficient (Wildman–Crippen LogP) is 0.489. The highest BCUT2D eigenvalue weighted by Crippen LogP contribution is 2.18. The third kappa shape index (κ3) is 2.41. The van der Waals surface area contributed by atoms with Gasteiger partial charge in [-0.15, -0.1) is 0 Å². The highest BCUT2D eigenvalue weighted by atomic mass is 16.5. The smallest absolute Gasteiger partial charge is 0.240 e. The van der Waals surface area contributed by atoms with E-state index in [0.29, 0.717) is 25.1 Å². The summed E-state index contributed by atoms with van der Waals surface area (Å²) in [4.78, 5) is 0. The summed E-state index contributed by atoms with van der Waals surface area (Å²) in [6.45, 7) is 7.41. The predicted molar refractivity (Wildman–Crippen MR) is 52.6 cm³/mol. The Bertz CT molecular complexity index is 272. The molecule has 6 nitrogen and oxygen atoms in total. The molecule has 14 heavy (non-hydrogen) atoms. The van der Waals surface area contributed by atoms with E-state index in [-0.39, 0.29) is 6.04 Å². The van der Waals surface area contributed by atoms with Crippen molar-refractivity contribution in [3.05, 3.63) is 0 Å². The Balaban J connectivity index is 2.73. The molecule has 0 fully saturated rings. The Morgan fingerprint density at radius 3 is 2.64 bits per heavy atom. The van der Waals surface area contributed by atoms with Crippen molar-refractivity contribution < 1.29 is 4.74 Å². The Kier molecular flexibility index (Phi) is 3.82. The van der Waals surface area contributed by atoms with Gasteiger partial charge in [-0.25, -0.2) is 4.68 Å². The number of aromatic nitrogens is 4. The van der Waals surface area contributed by atoms with Crippen LogP contribution in [0, 0.1) is 5.92 Å². The van der Waals surface area contributed by atoms with Crippen molar-refractivity contribution in [2.24, 2.45) is 5.92 Å². The molecule has 6 heteroatoms. The fourth-order valence-electron chi connectivity index (χ4n) is 1.22. The van der Waals surface area contributed by atoms with Gasteiger partial charge in [-0.3, -0.25) is 0 Å². The molecule has 0 aliphatic rings. The molecule has 1 heterocycles. The molecule has 0 aliphatic carbocycles. The number of hydrogen-bond donors (Lipinski definition) is 1. The average Bonchev–Trinajstić information content (AvgIpc) is 2.52. The molecule has 0 amide bonds. The van der Waals surface area contributed by atoms with Crippen molar-refractivity contribution in [1.82, 2.24) is 20.2 Å². The summed E-state index contributed by atoms with van der Waals surface area (Å²) < 4.78 is 6.98. The molecule has 1 aromatic rings. The van der Waals surface area contributed by atoms with E-state index in [2.05, 4.69) is 29.4 Å². The number of nitrogens with zero attached hydrogens (tertiary/aromatic N) is 4. The summed E-state index contributed by atoms with van der Waals surface area (Å²) in [6.07, 6.45) is 0. The number of rotatable bonds is 5. The van der Waals surface area contributed by atoms with E-state index in [1.807, 2.05) is 6.92 Å². The topological polar surface area (TPSA) is 78.8 Å². The molecular weight excluding hydrogens is 182 g/mol. The Morgan fingerprint density at radius 2 is 2.21 bits per heavy atom. The minimum Gasteiger partial charge on any atom is -0.380 e. The normalized spacial score (nSPS) is 13.4. The minimum absolute atomic E-state index is 0.102. The van der Waals surface area contributed by atoms with Gasteiger partial charge in [0.2, 0.25) is 5.95 Å². The summed E-state index contributed by atoms with van der Waals surface area (Å²) in [7, 11) is 0. The quantitative estimate of drug-likeness (QED) is 0.746. The van der Waals surface area contributed by atoms with Gasteiger partial charge in [0.15, 0.2) is 0 Å². The fraction of sp³-hybridized carbons (Fsp3) is 0.875. The van der Waals surface area contributed by atoms with Crippen molar-refractivity contribution in [2.75, 3.05) is 18.9 Å². The van der Waals surface area contributed by atoms with E-state index in [0.717, 1.165) is 0 Å². The number of hydrogen-bond acceptors (Lipinski definition) is 5. The van der Waals surface area contributed by atoms with Crippen LogP contribution in [0.2, 0.25) is 0 Å². The van der Waals surface area contributed by atoms with Gasteiger partial charge in [-0.05, 0) is 23.3 Å². The lowest BCUT2D eigenvalue weighted by Gasteiger charge is -2.20. The summed E-state index contributed by atoms with van der Waals surface area (Å²) in [5.74, 6) is 0.718. The molecule has 2 N–H and O–H groups in total. The second-order valence-corrected chi connectivity index (χ2v) is 3.45. The molecule has 80 valence electrons. The number of nitrogen functional groups attached to an aromatic ring is 1. The van der Waals surface area contributed by atoms with Crippen LogP contribution in [0.1, 0.15) is 26.8 Å². The van der Waals surface area contributed by atoms with E-state index < -0.39 is 0 Å². The van der Waals surface area contributed by atoms with Crippen LogP contribution in [0.4, 0.5) is 5.95 Å². The first-order chi connectivity index (χ1) is 6.66. The molecule has 0 bridgehead atoms. The molecule has 1 atom stereocenters. The highest BCUT2D eigenvalue weighted by Gasteiger charge is 2.19. The van der Waals surface area contributed by atoms with Gasteiger partial charge in [0.05, 0.1) is 12.6 Å². The van der Waals surface area contributed by atoms with Crippen LogP contribution in [-0.2, 0) is 4.74 Å². The van der Waals surface area contributed by atoms with Crippen molar-refractivity contribution >= 4 is 5.95 Å².